The SMILES string of the molecule is COC(=O)[C@H]1CCCCN1CCc1ccncc1. The quantitative estimate of drug-likeness (QED) is 0.760. The van der Waals surface area contributed by atoms with Gasteiger partial charge in [0.25, 0.3) is 0 Å². The molecular weight excluding hydrogens is 228 g/mol. The minimum absolute atomic E-state index is 0.0504. The number of ether oxygens (including phenoxy) is 1. The number of rotatable bonds is 4. The third-order valence-electron chi connectivity index (χ3n) is 3.52. The van der Waals surface area contributed by atoms with Gasteiger partial charge in [0.2, 0.25) is 0 Å². The van der Waals surface area contributed by atoms with E-state index in [0.717, 1.165) is 32.4 Å². The topological polar surface area (TPSA) is 42.4 Å². The van der Waals surface area contributed by atoms with Crippen LogP contribution < -0.4 is 0 Å². The second-order valence-corrected chi connectivity index (χ2v) is 4.68. The van der Waals surface area contributed by atoms with Gasteiger partial charge in [-0.15, -0.1) is 0 Å². The smallest absolute Gasteiger partial charge is 0.323 e. The Morgan fingerprint density at radius 3 is 2.94 bits per heavy atom. The number of nitrogens with zero attached hydrogens (tertiary/aromatic N) is 2. The van der Waals surface area contributed by atoms with Crippen LogP contribution in [0.1, 0.15) is 24.8 Å². The van der Waals surface area contributed by atoms with Crippen molar-refractivity contribution < 1.29 is 9.53 Å². The minimum Gasteiger partial charge on any atom is -0.468 e. The summed E-state index contributed by atoms with van der Waals surface area (Å²) in [5.41, 5.74) is 1.26. The van der Waals surface area contributed by atoms with Crippen molar-refractivity contribution in [2.45, 2.75) is 31.7 Å². The van der Waals surface area contributed by atoms with Crippen LogP contribution in [-0.4, -0.2) is 42.1 Å². The number of hydrogen-bond donors (Lipinski definition) is 0. The van der Waals surface area contributed by atoms with Crippen LogP contribution in [0.25, 0.3) is 0 Å². The van der Waals surface area contributed by atoms with Gasteiger partial charge in [0.05, 0.1) is 7.11 Å². The van der Waals surface area contributed by atoms with E-state index in [9.17, 15) is 4.79 Å². The molecule has 0 aromatic carbocycles. The molecule has 1 aromatic heterocycles. The molecule has 18 heavy (non-hydrogen) atoms. The first kappa shape index (κ1) is 13.0. The van der Waals surface area contributed by atoms with Crippen LogP contribution in [-0.2, 0) is 16.0 Å². The Morgan fingerprint density at radius 1 is 1.44 bits per heavy atom. The van der Waals surface area contributed by atoms with Crippen LogP contribution >= 0.6 is 0 Å². The molecule has 0 N–H and O–H groups in total. The van der Waals surface area contributed by atoms with Gasteiger partial charge in [-0.05, 0) is 43.5 Å². The zero-order valence-corrected chi connectivity index (χ0v) is 10.8. The van der Waals surface area contributed by atoms with Crippen LogP contribution in [0.5, 0.6) is 0 Å². The maximum absolute atomic E-state index is 11.7. The molecule has 1 saturated heterocycles. The van der Waals surface area contributed by atoms with Crippen molar-refractivity contribution in [2.24, 2.45) is 0 Å². The number of esters is 1. The Labute approximate surface area is 108 Å². The molecule has 0 bridgehead atoms. The fourth-order valence-corrected chi connectivity index (χ4v) is 2.48. The standard InChI is InChI=1S/C14H20N2O2/c1-18-14(17)13-4-2-3-10-16(13)11-7-12-5-8-15-9-6-12/h5-6,8-9,13H,2-4,7,10-11H2,1H3/t13-/m1/s1. The predicted molar refractivity (Wildman–Crippen MR) is 69.2 cm³/mol. The first-order valence-electron chi connectivity index (χ1n) is 6.52. The van der Waals surface area contributed by atoms with Gasteiger partial charge in [0.15, 0.2) is 0 Å². The highest BCUT2D eigenvalue weighted by molar-refractivity contribution is 5.75. The number of methoxy groups -OCH3 is 1. The maximum Gasteiger partial charge on any atom is 0.323 e. The van der Waals surface area contributed by atoms with E-state index in [-0.39, 0.29) is 12.0 Å². The third-order valence-corrected chi connectivity index (χ3v) is 3.52. The summed E-state index contributed by atoms with van der Waals surface area (Å²) in [5.74, 6) is -0.0931. The molecular formula is C14H20N2O2. The molecule has 2 rings (SSSR count). The Hall–Kier alpha value is -1.42. The number of carbonyl (C=O) groups excluding carboxylic acids is 1. The highest BCUT2D eigenvalue weighted by atomic mass is 16.5. The Morgan fingerprint density at radius 2 is 2.22 bits per heavy atom. The molecule has 98 valence electrons. The lowest BCUT2D eigenvalue weighted by atomic mass is 10.0. The summed E-state index contributed by atoms with van der Waals surface area (Å²) in [6.45, 7) is 1.90. The van der Waals surface area contributed by atoms with E-state index < -0.39 is 0 Å². The zero-order valence-electron chi connectivity index (χ0n) is 10.8. The number of aromatic nitrogens is 1. The molecule has 0 saturated carbocycles. The monoisotopic (exact) mass is 248 g/mol. The zero-order chi connectivity index (χ0) is 12.8. The van der Waals surface area contributed by atoms with Gasteiger partial charge in [-0.25, -0.2) is 0 Å². The van der Waals surface area contributed by atoms with E-state index in [1.807, 2.05) is 24.5 Å². The van der Waals surface area contributed by atoms with E-state index in [0.29, 0.717) is 0 Å². The Kier molecular flexibility index (Phi) is 4.70. The number of likely N-dealkylation sites (tertiary alicyclic amines) is 1. The molecule has 1 aliphatic rings. The largest absolute Gasteiger partial charge is 0.468 e. The molecule has 0 aliphatic carbocycles. The first-order valence-corrected chi connectivity index (χ1v) is 6.52. The lowest BCUT2D eigenvalue weighted by molar-refractivity contribution is -0.148. The van der Waals surface area contributed by atoms with Gasteiger partial charge in [0, 0.05) is 18.9 Å². The van der Waals surface area contributed by atoms with Crippen molar-refractivity contribution in [1.82, 2.24) is 9.88 Å². The number of carbonyl (C=O) groups is 1. The molecule has 0 unspecified atom stereocenters. The summed E-state index contributed by atoms with van der Waals surface area (Å²) in [5, 5.41) is 0. The number of pyridine rings is 1. The van der Waals surface area contributed by atoms with Crippen molar-refractivity contribution in [3.05, 3.63) is 30.1 Å². The molecule has 1 atom stereocenters. The highest BCUT2D eigenvalue weighted by Gasteiger charge is 2.28. The van der Waals surface area contributed by atoms with Crippen LogP contribution in [0.15, 0.2) is 24.5 Å². The van der Waals surface area contributed by atoms with Crippen LogP contribution in [0.2, 0.25) is 0 Å². The maximum atomic E-state index is 11.7. The van der Waals surface area contributed by atoms with Crippen molar-refractivity contribution in [1.29, 1.82) is 0 Å². The van der Waals surface area contributed by atoms with Gasteiger partial charge >= 0.3 is 5.97 Å². The summed E-state index contributed by atoms with van der Waals surface area (Å²) >= 11 is 0. The fraction of sp³-hybridized carbons (Fsp3) is 0.571. The lowest BCUT2D eigenvalue weighted by Gasteiger charge is -2.33. The van der Waals surface area contributed by atoms with Crippen molar-refractivity contribution in [3.8, 4) is 0 Å². The Bertz CT molecular complexity index is 381. The first-order chi connectivity index (χ1) is 8.81. The summed E-state index contributed by atoms with van der Waals surface area (Å²) < 4.78 is 4.88. The van der Waals surface area contributed by atoms with E-state index in [1.165, 1.54) is 19.1 Å². The second kappa shape index (κ2) is 6.50. The predicted octanol–water partition coefficient (Wildman–Crippen LogP) is 1.65. The van der Waals surface area contributed by atoms with Gasteiger partial charge in [-0.3, -0.25) is 14.7 Å². The van der Waals surface area contributed by atoms with Crippen LogP contribution in [0.4, 0.5) is 0 Å². The normalized spacial score (nSPS) is 20.6. The van der Waals surface area contributed by atoms with Crippen molar-refractivity contribution >= 4 is 5.97 Å². The molecule has 0 amide bonds. The molecule has 2 heterocycles. The summed E-state index contributed by atoms with van der Waals surface area (Å²) in [4.78, 5) is 18.0. The van der Waals surface area contributed by atoms with Crippen LogP contribution in [0.3, 0.4) is 0 Å². The molecule has 1 aromatic rings. The summed E-state index contributed by atoms with van der Waals surface area (Å²) in [7, 11) is 1.47. The summed E-state index contributed by atoms with van der Waals surface area (Å²) in [6, 6.07) is 4.00. The number of piperidine rings is 1. The van der Waals surface area contributed by atoms with E-state index in [2.05, 4.69) is 9.88 Å². The van der Waals surface area contributed by atoms with Crippen molar-refractivity contribution in [2.75, 3.05) is 20.2 Å². The molecule has 1 aliphatic heterocycles. The third kappa shape index (κ3) is 3.29. The van der Waals surface area contributed by atoms with Gasteiger partial charge in [-0.2, -0.15) is 0 Å². The van der Waals surface area contributed by atoms with E-state index in [4.69, 9.17) is 4.74 Å². The molecule has 4 nitrogen and oxygen atoms in total. The van der Waals surface area contributed by atoms with E-state index >= 15 is 0 Å². The summed E-state index contributed by atoms with van der Waals surface area (Å²) in [6.07, 6.45) is 7.78. The number of hydrogen-bond acceptors (Lipinski definition) is 4. The Balaban J connectivity index is 1.91. The molecule has 1 fully saturated rings. The average molecular weight is 248 g/mol. The average Bonchev–Trinajstić information content (AvgIpc) is 2.45. The second-order valence-electron chi connectivity index (χ2n) is 4.68. The van der Waals surface area contributed by atoms with Gasteiger partial charge < -0.3 is 4.74 Å². The van der Waals surface area contributed by atoms with Crippen molar-refractivity contribution in [3.63, 3.8) is 0 Å². The molecule has 4 heteroatoms. The minimum atomic E-state index is -0.0931. The van der Waals surface area contributed by atoms with Gasteiger partial charge in [0.1, 0.15) is 6.04 Å². The lowest BCUT2D eigenvalue weighted by Crippen LogP contribution is -2.46. The molecule has 0 spiro atoms. The molecule has 0 radical (unpaired) electrons. The highest BCUT2D eigenvalue weighted by Crippen LogP contribution is 2.18. The van der Waals surface area contributed by atoms with Crippen LogP contribution in [0, 0.1) is 0 Å². The van der Waals surface area contributed by atoms with Gasteiger partial charge in [-0.1, -0.05) is 6.42 Å². The van der Waals surface area contributed by atoms with E-state index in [1.54, 1.807) is 0 Å². The fourth-order valence-electron chi connectivity index (χ4n) is 2.48.